The van der Waals surface area contributed by atoms with Crippen LogP contribution < -0.4 is 19.7 Å². The first-order chi connectivity index (χ1) is 25.5. The molecule has 53 heavy (non-hydrogen) atoms. The Morgan fingerprint density at radius 3 is 2.68 bits per heavy atom. The third-order valence-electron chi connectivity index (χ3n) is 10.6. The van der Waals surface area contributed by atoms with Crippen LogP contribution in [0.25, 0.3) is 32.9 Å². The summed E-state index contributed by atoms with van der Waals surface area (Å²) < 4.78 is 68.4. The lowest BCUT2D eigenvalue weighted by atomic mass is 9.95. The molecule has 0 spiro atoms. The van der Waals surface area contributed by atoms with Gasteiger partial charge in [-0.3, -0.25) is 14.7 Å². The molecule has 15 heteroatoms. The van der Waals surface area contributed by atoms with E-state index in [0.717, 1.165) is 45.2 Å². The number of carbonyl (C=O) groups excluding carboxylic acids is 2. The largest absolute Gasteiger partial charge is 0.516 e. The lowest BCUT2D eigenvalue weighted by Crippen LogP contribution is -2.51. The van der Waals surface area contributed by atoms with Gasteiger partial charge in [-0.2, -0.15) is 9.97 Å². The van der Waals surface area contributed by atoms with Crippen molar-refractivity contribution in [1.29, 1.82) is 0 Å². The van der Waals surface area contributed by atoms with Gasteiger partial charge in [-0.15, -0.1) is 6.42 Å². The van der Waals surface area contributed by atoms with Crippen LogP contribution in [0.5, 0.6) is 11.8 Å². The second-order valence-electron chi connectivity index (χ2n) is 14.2. The second-order valence-corrected chi connectivity index (χ2v) is 14.2. The highest BCUT2D eigenvalue weighted by atomic mass is 19.1. The fourth-order valence-electron chi connectivity index (χ4n) is 8.45. The summed E-state index contributed by atoms with van der Waals surface area (Å²) in [5.74, 6) is 0.455. The van der Waals surface area contributed by atoms with Crippen molar-refractivity contribution in [3.8, 4) is 35.4 Å². The summed E-state index contributed by atoms with van der Waals surface area (Å²) in [4.78, 5) is 42.0. The molecule has 2 bridgehead atoms. The highest BCUT2D eigenvalue weighted by Gasteiger charge is 2.49. The number of terminal acetylenes is 1. The molecule has 4 unspecified atom stereocenters. The molecule has 5 atom stereocenters. The smallest absolute Gasteiger partial charge is 0.461 e. The minimum absolute atomic E-state index is 0.0217. The third kappa shape index (κ3) is 6.54. The monoisotopic (exact) mass is 730 g/mol. The molecule has 276 valence electrons. The number of aromatic nitrogens is 3. The van der Waals surface area contributed by atoms with Crippen LogP contribution in [0, 0.1) is 24.0 Å². The van der Waals surface area contributed by atoms with Crippen LogP contribution in [0.3, 0.4) is 0 Å². The maximum atomic E-state index is 17.2. The summed E-state index contributed by atoms with van der Waals surface area (Å²) >= 11 is 0. The molecular formula is C38H37F3N6O6. The van der Waals surface area contributed by atoms with Crippen LogP contribution in [0.15, 0.2) is 30.5 Å². The van der Waals surface area contributed by atoms with Crippen molar-refractivity contribution in [1.82, 2.24) is 25.2 Å². The number of carbonyl (C=O) groups is 2. The molecule has 8 rings (SSSR count). The molecular weight excluding hydrogens is 693 g/mol. The van der Waals surface area contributed by atoms with E-state index in [-0.39, 0.29) is 58.2 Å². The number of esters is 1. The number of ether oxygens (including phenoxy) is 4. The lowest BCUT2D eigenvalue weighted by molar-refractivity contribution is -0.163. The normalized spacial score (nSPS) is 24.2. The highest BCUT2D eigenvalue weighted by Crippen LogP contribution is 2.42. The lowest BCUT2D eigenvalue weighted by Gasteiger charge is -2.34. The van der Waals surface area contributed by atoms with Crippen LogP contribution >= 0.6 is 0 Å². The zero-order valence-electron chi connectivity index (χ0n) is 29.2. The Balaban J connectivity index is 1.24. The number of hydrogen-bond acceptors (Lipinski definition) is 12. The van der Waals surface area contributed by atoms with Gasteiger partial charge < -0.3 is 29.2 Å². The Morgan fingerprint density at radius 2 is 1.92 bits per heavy atom. The molecule has 4 aliphatic heterocycles. The highest BCUT2D eigenvalue weighted by molar-refractivity contribution is 6.03. The molecule has 6 heterocycles. The molecule has 4 fully saturated rings. The van der Waals surface area contributed by atoms with E-state index in [1.54, 1.807) is 0 Å². The number of alkyl halides is 1. The number of rotatable bonds is 8. The molecule has 4 saturated heterocycles. The average Bonchev–Trinajstić information content (AvgIpc) is 3.76. The first kappa shape index (κ1) is 34.9. The number of pyridine rings is 1. The van der Waals surface area contributed by atoms with Gasteiger partial charge in [-0.05, 0) is 55.8 Å². The Hall–Kier alpha value is -5.20. The number of anilines is 1. The van der Waals surface area contributed by atoms with Gasteiger partial charge in [0.25, 0.3) is 0 Å². The first-order valence-electron chi connectivity index (χ1n) is 17.7. The predicted octanol–water partition coefficient (Wildman–Crippen LogP) is 5.42. The Labute approximate surface area is 302 Å². The molecule has 0 saturated carbocycles. The van der Waals surface area contributed by atoms with Gasteiger partial charge in [0.15, 0.2) is 5.82 Å². The fourth-order valence-corrected chi connectivity index (χ4v) is 8.45. The van der Waals surface area contributed by atoms with E-state index >= 15 is 8.78 Å². The molecule has 0 amide bonds. The Morgan fingerprint density at radius 1 is 1.13 bits per heavy atom. The van der Waals surface area contributed by atoms with Crippen molar-refractivity contribution in [2.24, 2.45) is 0 Å². The van der Waals surface area contributed by atoms with E-state index in [4.69, 9.17) is 30.4 Å². The summed E-state index contributed by atoms with van der Waals surface area (Å²) in [5.41, 5.74) is -0.953. The first-order valence-corrected chi connectivity index (χ1v) is 17.7. The van der Waals surface area contributed by atoms with E-state index in [9.17, 15) is 14.0 Å². The molecule has 2 aromatic heterocycles. The van der Waals surface area contributed by atoms with Gasteiger partial charge in [0.05, 0.1) is 16.5 Å². The predicted molar refractivity (Wildman–Crippen MR) is 187 cm³/mol. The van der Waals surface area contributed by atoms with E-state index in [1.807, 2.05) is 0 Å². The van der Waals surface area contributed by atoms with Gasteiger partial charge in [-0.25, -0.2) is 18.0 Å². The molecule has 4 aliphatic rings. The number of benzene rings is 2. The molecule has 1 N–H and O–H groups in total. The maximum Gasteiger partial charge on any atom is 0.516 e. The number of fused-ring (bicyclic) bond motifs is 5. The summed E-state index contributed by atoms with van der Waals surface area (Å²) in [6, 6.07) is 5.70. The van der Waals surface area contributed by atoms with Gasteiger partial charge >= 0.3 is 18.1 Å². The molecule has 12 nitrogen and oxygen atoms in total. The number of piperazine rings is 1. The quantitative estimate of drug-likeness (QED) is 0.108. The minimum atomic E-state index is -1.25. The number of halogens is 3. The minimum Gasteiger partial charge on any atom is -0.461 e. The molecule has 0 aliphatic carbocycles. The zero-order chi connectivity index (χ0) is 37.0. The van der Waals surface area contributed by atoms with Crippen molar-refractivity contribution in [2.45, 2.75) is 76.0 Å². The summed E-state index contributed by atoms with van der Waals surface area (Å²) in [6.07, 6.45) is 7.85. The number of hydrogen-bond donors (Lipinski definition) is 1. The van der Waals surface area contributed by atoms with Crippen molar-refractivity contribution >= 4 is 39.6 Å². The van der Waals surface area contributed by atoms with Gasteiger partial charge in [0.1, 0.15) is 41.4 Å². The van der Waals surface area contributed by atoms with Crippen LogP contribution in [-0.4, -0.2) is 94.8 Å². The molecule has 0 radical (unpaired) electrons. The van der Waals surface area contributed by atoms with Crippen molar-refractivity contribution in [3.05, 3.63) is 47.7 Å². The van der Waals surface area contributed by atoms with Gasteiger partial charge in [0, 0.05) is 69.1 Å². The summed E-state index contributed by atoms with van der Waals surface area (Å²) in [7, 11) is 0. The SMILES string of the molecule is C#Cc1c(F)ccc2cc(OC(=O)OC(C)OC(C)=O)cc(-c3ncc4c(N5CC6CCC(C5)N6)nc(OC[C@@]56CCCN5CC(F)C6)nc4c3F)c12. The Kier molecular flexibility index (Phi) is 8.98. The van der Waals surface area contributed by atoms with E-state index in [2.05, 4.69) is 31.0 Å². The topological polar surface area (TPSA) is 128 Å². The number of nitrogens with one attached hydrogen (secondary N) is 1. The van der Waals surface area contributed by atoms with Gasteiger partial charge in [-0.1, -0.05) is 12.0 Å². The second kappa shape index (κ2) is 13.7. The third-order valence-corrected chi connectivity index (χ3v) is 10.6. The molecule has 4 aromatic rings. The number of nitrogens with zero attached hydrogens (tertiary/aromatic N) is 5. The van der Waals surface area contributed by atoms with Crippen LogP contribution in [0.1, 0.15) is 51.5 Å². The van der Waals surface area contributed by atoms with Crippen LogP contribution in [0.4, 0.5) is 23.8 Å². The van der Waals surface area contributed by atoms with Crippen molar-refractivity contribution in [2.75, 3.05) is 37.7 Å². The van der Waals surface area contributed by atoms with E-state index < -0.39 is 41.8 Å². The van der Waals surface area contributed by atoms with Crippen LogP contribution in [-0.2, 0) is 14.3 Å². The van der Waals surface area contributed by atoms with Crippen molar-refractivity contribution in [3.63, 3.8) is 0 Å². The summed E-state index contributed by atoms with van der Waals surface area (Å²) in [5, 5.41) is 4.41. The fraction of sp³-hybridized carbons (Fsp3) is 0.447. The zero-order valence-corrected chi connectivity index (χ0v) is 29.2. The van der Waals surface area contributed by atoms with E-state index in [0.29, 0.717) is 42.6 Å². The standard InChI is InChI=1S/C38H37F3N6O6/c1-4-27-30(40)9-6-22-12-26(53-37(49)52-21(3)51-20(2)48)13-28(31(22)27)33-32(41)34-29(15-42-33)35(46-17-24-7-8-25(18-46)43-24)45-36(44-34)50-19-38-10-5-11-47(38)16-23(39)14-38/h1,6,9,12-13,15,21,23-25,43H,5,7-8,10-11,14,16-19H2,2-3H3/t21?,23?,24?,25?,38-/m0/s1. The van der Waals surface area contributed by atoms with Crippen molar-refractivity contribution < 1.29 is 41.7 Å². The van der Waals surface area contributed by atoms with Crippen LogP contribution in [0.2, 0.25) is 0 Å². The summed E-state index contributed by atoms with van der Waals surface area (Å²) in [6.45, 7) is 5.02. The van der Waals surface area contributed by atoms with E-state index in [1.165, 1.54) is 31.3 Å². The average molecular weight is 731 g/mol. The maximum absolute atomic E-state index is 17.2. The van der Waals surface area contributed by atoms with Gasteiger partial charge in [0.2, 0.25) is 6.29 Å². The Bertz CT molecular complexity index is 2170. The molecule has 2 aromatic carbocycles.